The van der Waals surface area contributed by atoms with Gasteiger partial charge < -0.3 is 29.0 Å². The molecule has 1 N–H and O–H groups in total. The Morgan fingerprint density at radius 2 is 1.87 bits per heavy atom. The van der Waals surface area contributed by atoms with Gasteiger partial charge in [0, 0.05) is 18.3 Å². The van der Waals surface area contributed by atoms with Crippen LogP contribution in [-0.2, 0) is 4.79 Å². The third kappa shape index (κ3) is 4.69. The maximum atomic E-state index is 12.4. The van der Waals surface area contributed by atoms with Crippen LogP contribution in [-0.4, -0.2) is 31.9 Å². The number of aromatic nitrogens is 1. The van der Waals surface area contributed by atoms with Crippen molar-refractivity contribution in [3.8, 4) is 34.6 Å². The number of methoxy groups -OCH3 is 2. The van der Waals surface area contributed by atoms with Crippen LogP contribution in [0.25, 0.3) is 6.08 Å². The van der Waals surface area contributed by atoms with Crippen LogP contribution in [0.1, 0.15) is 5.56 Å². The summed E-state index contributed by atoms with van der Waals surface area (Å²) in [7, 11) is 3.13. The molecule has 0 saturated heterocycles. The molecule has 2 heterocycles. The zero-order chi connectivity index (χ0) is 21.6. The van der Waals surface area contributed by atoms with E-state index in [1.54, 1.807) is 69.0 Å². The minimum atomic E-state index is -0.335. The summed E-state index contributed by atoms with van der Waals surface area (Å²) in [6, 6.07) is 14.0. The van der Waals surface area contributed by atoms with Crippen molar-refractivity contribution >= 4 is 17.7 Å². The lowest BCUT2D eigenvalue weighted by Gasteiger charge is -2.10. The first-order valence-electron chi connectivity index (χ1n) is 9.40. The van der Waals surface area contributed by atoms with Gasteiger partial charge in [0.1, 0.15) is 11.4 Å². The second kappa shape index (κ2) is 9.08. The van der Waals surface area contributed by atoms with Crippen LogP contribution in [0.2, 0.25) is 0 Å². The SMILES string of the molecule is COc1ccc(/C=C/C(=O)Nc2cccnc2Oc2ccc3c(c2)OCO3)cc1OC. The van der Waals surface area contributed by atoms with Gasteiger partial charge in [0.2, 0.25) is 18.6 Å². The third-order valence-corrected chi connectivity index (χ3v) is 4.42. The quantitative estimate of drug-likeness (QED) is 0.571. The molecule has 0 bridgehead atoms. The second-order valence-corrected chi connectivity index (χ2v) is 6.41. The van der Waals surface area contributed by atoms with Crippen LogP contribution in [0.3, 0.4) is 0 Å². The zero-order valence-corrected chi connectivity index (χ0v) is 17.0. The van der Waals surface area contributed by atoms with Gasteiger partial charge in [-0.05, 0) is 48.0 Å². The Morgan fingerprint density at radius 1 is 1.03 bits per heavy atom. The van der Waals surface area contributed by atoms with Crippen molar-refractivity contribution in [3.63, 3.8) is 0 Å². The number of ether oxygens (including phenoxy) is 5. The number of fused-ring (bicyclic) bond motifs is 1. The normalized spacial score (nSPS) is 11.9. The number of nitrogens with zero attached hydrogens (tertiary/aromatic N) is 1. The smallest absolute Gasteiger partial charge is 0.248 e. The largest absolute Gasteiger partial charge is 0.493 e. The number of carbonyl (C=O) groups excluding carboxylic acids is 1. The molecule has 1 amide bonds. The van der Waals surface area contributed by atoms with E-state index in [0.29, 0.717) is 34.4 Å². The monoisotopic (exact) mass is 420 g/mol. The number of pyridine rings is 1. The first kappa shape index (κ1) is 20.1. The third-order valence-electron chi connectivity index (χ3n) is 4.42. The molecule has 0 aliphatic carbocycles. The molecule has 8 heteroatoms. The molecule has 1 aliphatic rings. The van der Waals surface area contributed by atoms with Crippen molar-refractivity contribution in [2.75, 3.05) is 26.3 Å². The standard InChI is InChI=1S/C23H20N2O6/c1-27-18-8-5-15(12-20(18)28-2)6-10-22(26)25-17-4-3-11-24-23(17)31-16-7-9-19-21(13-16)30-14-29-19/h3-13H,14H2,1-2H3,(H,25,26)/b10-6+. The Labute approximate surface area is 179 Å². The molecule has 31 heavy (non-hydrogen) atoms. The fraction of sp³-hybridized carbons (Fsp3) is 0.130. The minimum absolute atomic E-state index is 0.177. The first-order valence-corrected chi connectivity index (χ1v) is 9.40. The average Bonchev–Trinajstić information content (AvgIpc) is 3.26. The number of carbonyl (C=O) groups is 1. The van der Waals surface area contributed by atoms with Gasteiger partial charge in [0.25, 0.3) is 0 Å². The molecule has 4 rings (SSSR count). The molecule has 0 unspecified atom stereocenters. The summed E-state index contributed by atoms with van der Waals surface area (Å²) in [6.45, 7) is 0.177. The van der Waals surface area contributed by atoms with Gasteiger partial charge in [-0.1, -0.05) is 6.07 Å². The number of benzene rings is 2. The van der Waals surface area contributed by atoms with E-state index in [9.17, 15) is 4.79 Å². The van der Waals surface area contributed by atoms with Gasteiger partial charge in [-0.3, -0.25) is 4.79 Å². The van der Waals surface area contributed by atoms with E-state index in [0.717, 1.165) is 5.56 Å². The average molecular weight is 420 g/mol. The summed E-state index contributed by atoms with van der Waals surface area (Å²) in [5.74, 6) is 2.88. The van der Waals surface area contributed by atoms with Gasteiger partial charge in [0.15, 0.2) is 23.0 Å². The lowest BCUT2D eigenvalue weighted by atomic mass is 10.2. The number of hydrogen-bond donors (Lipinski definition) is 1. The van der Waals surface area contributed by atoms with Gasteiger partial charge in [-0.15, -0.1) is 0 Å². The number of nitrogens with one attached hydrogen (secondary N) is 1. The molecule has 3 aromatic rings. The summed E-state index contributed by atoms with van der Waals surface area (Å²) in [4.78, 5) is 16.7. The van der Waals surface area contributed by atoms with Crippen LogP contribution < -0.4 is 29.0 Å². The Bertz CT molecular complexity index is 1130. The molecule has 2 aromatic carbocycles. The van der Waals surface area contributed by atoms with E-state index >= 15 is 0 Å². The molecule has 0 radical (unpaired) electrons. The van der Waals surface area contributed by atoms with E-state index < -0.39 is 0 Å². The number of hydrogen-bond acceptors (Lipinski definition) is 7. The van der Waals surface area contributed by atoms with Crippen molar-refractivity contribution in [2.45, 2.75) is 0 Å². The summed E-state index contributed by atoms with van der Waals surface area (Å²) < 4.78 is 27.0. The summed E-state index contributed by atoms with van der Waals surface area (Å²) in [6.07, 6.45) is 4.67. The highest BCUT2D eigenvalue weighted by Gasteiger charge is 2.15. The van der Waals surface area contributed by atoms with Crippen molar-refractivity contribution in [3.05, 3.63) is 66.4 Å². The molecule has 0 spiro atoms. The van der Waals surface area contributed by atoms with E-state index in [1.807, 2.05) is 6.07 Å². The molecule has 1 aromatic heterocycles. The van der Waals surface area contributed by atoms with Crippen LogP contribution in [0, 0.1) is 0 Å². The van der Waals surface area contributed by atoms with Gasteiger partial charge >= 0.3 is 0 Å². The maximum Gasteiger partial charge on any atom is 0.248 e. The molecule has 1 aliphatic heterocycles. The summed E-state index contributed by atoms with van der Waals surface area (Å²) in [5, 5.41) is 2.78. The Kier molecular flexibility index (Phi) is 5.89. The molecule has 8 nitrogen and oxygen atoms in total. The predicted octanol–water partition coefficient (Wildman–Crippen LogP) is 4.27. The van der Waals surface area contributed by atoms with Crippen LogP contribution >= 0.6 is 0 Å². The van der Waals surface area contributed by atoms with E-state index in [1.165, 1.54) is 6.08 Å². The molecule has 158 valence electrons. The van der Waals surface area contributed by atoms with Crippen molar-refractivity contribution in [1.29, 1.82) is 0 Å². The fourth-order valence-electron chi connectivity index (χ4n) is 2.92. The highest BCUT2D eigenvalue weighted by molar-refractivity contribution is 6.02. The van der Waals surface area contributed by atoms with Crippen molar-refractivity contribution < 1.29 is 28.5 Å². The van der Waals surface area contributed by atoms with Gasteiger partial charge in [-0.25, -0.2) is 4.98 Å². The minimum Gasteiger partial charge on any atom is -0.493 e. The fourth-order valence-corrected chi connectivity index (χ4v) is 2.92. The van der Waals surface area contributed by atoms with Gasteiger partial charge in [-0.2, -0.15) is 0 Å². The Balaban J connectivity index is 1.46. The summed E-state index contributed by atoms with van der Waals surface area (Å²) >= 11 is 0. The van der Waals surface area contributed by atoms with Crippen molar-refractivity contribution in [2.24, 2.45) is 0 Å². The van der Waals surface area contributed by atoms with E-state index in [-0.39, 0.29) is 18.6 Å². The predicted molar refractivity (Wildman–Crippen MR) is 114 cm³/mol. The molecule has 0 atom stereocenters. The first-order chi connectivity index (χ1) is 15.2. The van der Waals surface area contributed by atoms with Crippen LogP contribution in [0.15, 0.2) is 60.8 Å². The van der Waals surface area contributed by atoms with E-state index in [4.69, 9.17) is 23.7 Å². The second-order valence-electron chi connectivity index (χ2n) is 6.41. The summed E-state index contributed by atoms with van der Waals surface area (Å²) in [5.41, 5.74) is 1.22. The lowest BCUT2D eigenvalue weighted by molar-refractivity contribution is -0.111. The molecule has 0 fully saturated rings. The highest BCUT2D eigenvalue weighted by atomic mass is 16.7. The zero-order valence-electron chi connectivity index (χ0n) is 17.0. The lowest BCUT2D eigenvalue weighted by Crippen LogP contribution is -2.09. The number of rotatable bonds is 7. The maximum absolute atomic E-state index is 12.4. The molecular weight excluding hydrogens is 400 g/mol. The topological polar surface area (TPSA) is 88.1 Å². The highest BCUT2D eigenvalue weighted by Crippen LogP contribution is 2.37. The number of anilines is 1. The number of amides is 1. The van der Waals surface area contributed by atoms with E-state index in [2.05, 4.69) is 10.3 Å². The van der Waals surface area contributed by atoms with Crippen LogP contribution in [0.5, 0.6) is 34.6 Å². The molecular formula is C23H20N2O6. The van der Waals surface area contributed by atoms with Crippen molar-refractivity contribution in [1.82, 2.24) is 4.98 Å². The Morgan fingerprint density at radius 3 is 2.71 bits per heavy atom. The van der Waals surface area contributed by atoms with Gasteiger partial charge in [0.05, 0.1) is 14.2 Å². The molecule has 0 saturated carbocycles. The Hall–Kier alpha value is -4.20. The van der Waals surface area contributed by atoms with Crippen LogP contribution in [0.4, 0.5) is 5.69 Å².